The number of terminal acetylenes is 1. The molecule has 0 atom stereocenters. The van der Waals surface area contributed by atoms with Crippen molar-refractivity contribution in [3.63, 3.8) is 0 Å². The zero-order valence-electron chi connectivity index (χ0n) is 14.2. The normalized spacial score (nSPS) is 11.5. The van der Waals surface area contributed by atoms with Crippen LogP contribution >= 0.6 is 11.3 Å². The van der Waals surface area contributed by atoms with Gasteiger partial charge in [-0.25, -0.2) is 0 Å². The van der Waals surface area contributed by atoms with Gasteiger partial charge in [0.2, 0.25) is 0 Å². The smallest absolute Gasteiger partial charge is 0.252 e. The molecule has 25 heavy (non-hydrogen) atoms. The van der Waals surface area contributed by atoms with Crippen LogP contribution in [0.1, 0.15) is 11.1 Å². The molecular formula is C20H18N2O2S. The van der Waals surface area contributed by atoms with Crippen molar-refractivity contribution < 1.29 is 9.53 Å². The molecule has 1 amide bonds. The molecule has 0 aliphatic rings. The van der Waals surface area contributed by atoms with Gasteiger partial charge >= 0.3 is 0 Å². The summed E-state index contributed by atoms with van der Waals surface area (Å²) in [7, 11) is 1.60. The molecule has 2 aromatic carbocycles. The van der Waals surface area contributed by atoms with Crippen LogP contribution in [0.15, 0.2) is 47.5 Å². The molecule has 0 bridgehead atoms. The van der Waals surface area contributed by atoms with Gasteiger partial charge in [-0.15, -0.1) is 6.42 Å². The summed E-state index contributed by atoms with van der Waals surface area (Å²) in [5.41, 5.74) is 3.03. The third-order valence-corrected chi connectivity index (χ3v) is 4.84. The first-order valence-corrected chi connectivity index (χ1v) is 8.66. The lowest BCUT2D eigenvalue weighted by Crippen LogP contribution is -2.17. The monoisotopic (exact) mass is 350 g/mol. The molecule has 3 aromatic rings. The summed E-state index contributed by atoms with van der Waals surface area (Å²) in [6.07, 6.45) is 5.71. The van der Waals surface area contributed by atoms with Gasteiger partial charge in [0, 0.05) is 0 Å². The second-order valence-electron chi connectivity index (χ2n) is 5.68. The van der Waals surface area contributed by atoms with E-state index in [1.165, 1.54) is 11.3 Å². The fraction of sp³-hybridized carbons (Fsp3) is 0.200. The molecule has 0 saturated carbocycles. The van der Waals surface area contributed by atoms with Gasteiger partial charge in [0.15, 0.2) is 4.80 Å². The number of hydrogen-bond donors (Lipinski definition) is 0. The molecule has 0 aliphatic heterocycles. The summed E-state index contributed by atoms with van der Waals surface area (Å²) in [5.74, 6) is 3.16. The standard InChI is InChI=1S/C20H18N2O2S/c1-4-10-22-17-9-8-14(2)11-18(17)25-20(22)21-19(23)13-15-6-5-7-16(12-15)24-3/h1,5-9,11-12H,10,13H2,2-3H3. The van der Waals surface area contributed by atoms with Crippen LogP contribution in [0.4, 0.5) is 0 Å². The minimum atomic E-state index is -0.206. The number of aromatic nitrogens is 1. The fourth-order valence-electron chi connectivity index (χ4n) is 2.61. The van der Waals surface area contributed by atoms with E-state index in [-0.39, 0.29) is 12.3 Å². The van der Waals surface area contributed by atoms with Crippen LogP contribution in [-0.2, 0) is 17.8 Å². The number of ether oxygens (including phenoxy) is 1. The number of thiazole rings is 1. The molecule has 0 N–H and O–H groups in total. The topological polar surface area (TPSA) is 43.6 Å². The zero-order chi connectivity index (χ0) is 17.8. The average Bonchev–Trinajstić information content (AvgIpc) is 2.91. The molecule has 0 unspecified atom stereocenters. The van der Waals surface area contributed by atoms with Crippen molar-refractivity contribution in [3.8, 4) is 18.1 Å². The van der Waals surface area contributed by atoms with Crippen LogP contribution in [-0.4, -0.2) is 17.6 Å². The van der Waals surface area contributed by atoms with Gasteiger partial charge in [0.05, 0.1) is 30.3 Å². The van der Waals surface area contributed by atoms with Gasteiger partial charge in [0.25, 0.3) is 5.91 Å². The fourth-order valence-corrected chi connectivity index (χ4v) is 3.76. The predicted octanol–water partition coefficient (Wildman–Crippen LogP) is 3.32. The van der Waals surface area contributed by atoms with Gasteiger partial charge in [-0.05, 0) is 42.3 Å². The Kier molecular flexibility index (Phi) is 5.01. The van der Waals surface area contributed by atoms with Crippen molar-refractivity contribution in [2.24, 2.45) is 4.99 Å². The van der Waals surface area contributed by atoms with E-state index in [9.17, 15) is 4.79 Å². The quantitative estimate of drug-likeness (QED) is 0.678. The SMILES string of the molecule is C#CCn1c(=NC(=O)Cc2cccc(OC)c2)sc2cc(C)ccc21. The number of carbonyl (C=O) groups excluding carboxylic acids is 1. The Hall–Kier alpha value is -2.84. The molecule has 3 rings (SSSR count). The number of methoxy groups -OCH3 is 1. The highest BCUT2D eigenvalue weighted by molar-refractivity contribution is 7.16. The summed E-state index contributed by atoms with van der Waals surface area (Å²) < 4.78 is 8.17. The number of nitrogens with zero attached hydrogens (tertiary/aromatic N) is 2. The van der Waals surface area contributed by atoms with Crippen molar-refractivity contribution in [1.82, 2.24) is 4.57 Å². The molecule has 0 saturated heterocycles. The summed E-state index contributed by atoms with van der Waals surface area (Å²) in [6.45, 7) is 2.42. The average molecular weight is 350 g/mol. The Morgan fingerprint density at radius 1 is 1.32 bits per heavy atom. The Labute approximate surface area is 150 Å². The number of carbonyl (C=O) groups is 1. The van der Waals surface area contributed by atoms with Gasteiger partial charge in [-0.1, -0.05) is 35.5 Å². The number of amides is 1. The number of benzene rings is 2. The first-order valence-electron chi connectivity index (χ1n) is 7.84. The Balaban J connectivity index is 1.98. The van der Waals surface area contributed by atoms with Gasteiger partial charge in [-0.3, -0.25) is 4.79 Å². The van der Waals surface area contributed by atoms with Gasteiger partial charge in [-0.2, -0.15) is 4.99 Å². The van der Waals surface area contributed by atoms with E-state index in [1.54, 1.807) is 7.11 Å². The number of hydrogen-bond acceptors (Lipinski definition) is 3. The Bertz CT molecular complexity index is 1040. The van der Waals surface area contributed by atoms with E-state index in [2.05, 4.69) is 17.0 Å². The third kappa shape index (κ3) is 3.81. The lowest BCUT2D eigenvalue weighted by Gasteiger charge is -2.02. The maximum absolute atomic E-state index is 12.4. The van der Waals surface area contributed by atoms with E-state index in [0.29, 0.717) is 11.3 Å². The molecule has 1 heterocycles. The van der Waals surface area contributed by atoms with Crippen molar-refractivity contribution in [3.05, 3.63) is 58.4 Å². The minimum Gasteiger partial charge on any atom is -0.497 e. The second kappa shape index (κ2) is 7.37. The Morgan fingerprint density at radius 2 is 2.16 bits per heavy atom. The first kappa shape index (κ1) is 17.0. The van der Waals surface area contributed by atoms with Crippen LogP contribution in [0.25, 0.3) is 10.2 Å². The molecule has 5 heteroatoms. The number of rotatable bonds is 4. The molecule has 126 valence electrons. The third-order valence-electron chi connectivity index (χ3n) is 3.80. The van der Waals surface area contributed by atoms with Crippen molar-refractivity contribution in [1.29, 1.82) is 0 Å². The lowest BCUT2D eigenvalue weighted by molar-refractivity contribution is -0.117. The summed E-state index contributed by atoms with van der Waals surface area (Å²) in [5, 5.41) is 0. The molecule has 1 aromatic heterocycles. The maximum atomic E-state index is 12.4. The molecule has 0 fully saturated rings. The molecular weight excluding hydrogens is 332 g/mol. The maximum Gasteiger partial charge on any atom is 0.252 e. The highest BCUT2D eigenvalue weighted by atomic mass is 32.1. The van der Waals surface area contributed by atoms with Gasteiger partial charge in [0.1, 0.15) is 5.75 Å². The van der Waals surface area contributed by atoms with Crippen LogP contribution in [0.5, 0.6) is 5.75 Å². The van der Waals surface area contributed by atoms with E-state index >= 15 is 0 Å². The molecule has 0 radical (unpaired) electrons. The number of fused-ring (bicyclic) bond motifs is 1. The van der Waals surface area contributed by atoms with Crippen LogP contribution in [0, 0.1) is 19.3 Å². The highest BCUT2D eigenvalue weighted by Gasteiger charge is 2.08. The summed E-state index contributed by atoms with van der Waals surface area (Å²) in [4.78, 5) is 17.3. The minimum absolute atomic E-state index is 0.206. The molecule has 4 nitrogen and oxygen atoms in total. The Morgan fingerprint density at radius 3 is 2.92 bits per heavy atom. The second-order valence-corrected chi connectivity index (χ2v) is 6.69. The predicted molar refractivity (Wildman–Crippen MR) is 101 cm³/mol. The highest BCUT2D eigenvalue weighted by Crippen LogP contribution is 2.19. The van der Waals surface area contributed by atoms with Gasteiger partial charge < -0.3 is 9.30 Å². The van der Waals surface area contributed by atoms with E-state index in [4.69, 9.17) is 11.2 Å². The largest absolute Gasteiger partial charge is 0.497 e. The number of aryl methyl sites for hydroxylation is 1. The lowest BCUT2D eigenvalue weighted by atomic mass is 10.1. The molecule has 0 aliphatic carbocycles. The van der Waals surface area contributed by atoms with Crippen molar-refractivity contribution >= 4 is 27.5 Å². The zero-order valence-corrected chi connectivity index (χ0v) is 15.0. The van der Waals surface area contributed by atoms with Crippen molar-refractivity contribution in [2.75, 3.05) is 7.11 Å². The summed E-state index contributed by atoms with van der Waals surface area (Å²) >= 11 is 1.48. The van der Waals surface area contributed by atoms with E-state index in [0.717, 1.165) is 27.1 Å². The first-order chi connectivity index (χ1) is 12.1. The van der Waals surface area contributed by atoms with Crippen molar-refractivity contribution in [2.45, 2.75) is 19.9 Å². The van der Waals surface area contributed by atoms with E-state index < -0.39 is 0 Å². The molecule has 0 spiro atoms. The van der Waals surface area contributed by atoms with Crippen LogP contribution < -0.4 is 9.54 Å². The summed E-state index contributed by atoms with van der Waals surface area (Å²) in [6, 6.07) is 13.6. The van der Waals surface area contributed by atoms with E-state index in [1.807, 2.05) is 47.9 Å². The van der Waals surface area contributed by atoms with Crippen LogP contribution in [0.2, 0.25) is 0 Å². The van der Waals surface area contributed by atoms with Crippen LogP contribution in [0.3, 0.4) is 0 Å².